The Bertz CT molecular complexity index is 1140. The third-order valence-electron chi connectivity index (χ3n) is 4.43. The number of fused-ring (bicyclic) bond motifs is 1. The van der Waals surface area contributed by atoms with E-state index in [-0.39, 0.29) is 6.03 Å². The molecule has 5 N–H and O–H groups in total. The van der Waals surface area contributed by atoms with Crippen LogP contribution in [0.3, 0.4) is 0 Å². The molecule has 7 heteroatoms. The highest BCUT2D eigenvalue weighted by Gasteiger charge is 2.10. The minimum atomic E-state index is -0.349. The maximum absolute atomic E-state index is 12.3. The number of urea groups is 1. The Labute approximate surface area is 161 Å². The van der Waals surface area contributed by atoms with Crippen LogP contribution in [-0.2, 0) is 0 Å². The number of benzene rings is 3. The highest BCUT2D eigenvalue weighted by Crippen LogP contribution is 2.31. The number of aromatic amines is 1. The van der Waals surface area contributed by atoms with Gasteiger partial charge >= 0.3 is 6.03 Å². The Morgan fingerprint density at radius 2 is 1.79 bits per heavy atom. The number of hydrogen-bond donors (Lipinski definition) is 4. The van der Waals surface area contributed by atoms with E-state index in [1.807, 2.05) is 54.6 Å². The van der Waals surface area contributed by atoms with E-state index >= 15 is 0 Å². The number of amides is 2. The van der Waals surface area contributed by atoms with E-state index in [1.165, 1.54) is 0 Å². The lowest BCUT2D eigenvalue weighted by atomic mass is 10.0. The minimum Gasteiger partial charge on any atom is -0.495 e. The van der Waals surface area contributed by atoms with E-state index in [4.69, 9.17) is 10.5 Å². The molecule has 0 bridgehead atoms. The van der Waals surface area contributed by atoms with E-state index < -0.39 is 0 Å². The van der Waals surface area contributed by atoms with Crippen LogP contribution in [0.5, 0.6) is 5.75 Å². The lowest BCUT2D eigenvalue weighted by molar-refractivity contribution is 0.262. The van der Waals surface area contributed by atoms with Gasteiger partial charge < -0.3 is 21.1 Å². The number of para-hydroxylation sites is 2. The van der Waals surface area contributed by atoms with Gasteiger partial charge in [-0.25, -0.2) is 4.79 Å². The number of rotatable bonds is 4. The highest BCUT2D eigenvalue weighted by atomic mass is 16.5. The Balaban J connectivity index is 1.52. The summed E-state index contributed by atoms with van der Waals surface area (Å²) < 4.78 is 5.24. The van der Waals surface area contributed by atoms with Crippen LogP contribution in [0.2, 0.25) is 0 Å². The molecular weight excluding hydrogens is 354 g/mol. The summed E-state index contributed by atoms with van der Waals surface area (Å²) in [4.78, 5) is 12.3. The van der Waals surface area contributed by atoms with Crippen LogP contribution < -0.4 is 21.1 Å². The van der Waals surface area contributed by atoms with E-state index in [0.717, 1.165) is 22.0 Å². The normalized spacial score (nSPS) is 10.6. The predicted octanol–water partition coefficient (Wildman–Crippen LogP) is 4.46. The number of carbonyl (C=O) groups is 1. The zero-order valence-corrected chi connectivity index (χ0v) is 15.2. The molecule has 0 aliphatic carbocycles. The largest absolute Gasteiger partial charge is 0.495 e. The molecule has 7 nitrogen and oxygen atoms in total. The molecule has 0 fully saturated rings. The van der Waals surface area contributed by atoms with Crippen LogP contribution in [0, 0.1) is 0 Å². The van der Waals surface area contributed by atoms with Crippen molar-refractivity contribution in [1.29, 1.82) is 0 Å². The number of nitrogens with two attached hydrogens (primary N) is 1. The molecule has 28 heavy (non-hydrogen) atoms. The topological polar surface area (TPSA) is 105 Å². The molecule has 0 radical (unpaired) electrons. The predicted molar refractivity (Wildman–Crippen MR) is 112 cm³/mol. The van der Waals surface area contributed by atoms with Crippen molar-refractivity contribution < 1.29 is 9.53 Å². The number of carbonyl (C=O) groups excluding carboxylic acids is 1. The van der Waals surface area contributed by atoms with Crippen molar-refractivity contribution >= 4 is 34.1 Å². The number of hydrogen-bond acceptors (Lipinski definition) is 4. The third-order valence-corrected chi connectivity index (χ3v) is 4.43. The first-order valence-electron chi connectivity index (χ1n) is 8.70. The second kappa shape index (κ2) is 7.32. The van der Waals surface area contributed by atoms with Crippen LogP contribution in [0.1, 0.15) is 0 Å². The fourth-order valence-corrected chi connectivity index (χ4v) is 3.10. The molecule has 0 aliphatic heterocycles. The maximum Gasteiger partial charge on any atom is 0.323 e. The summed E-state index contributed by atoms with van der Waals surface area (Å²) in [6.07, 6.45) is 0. The van der Waals surface area contributed by atoms with Gasteiger partial charge in [0, 0.05) is 5.69 Å². The average molecular weight is 373 g/mol. The smallest absolute Gasteiger partial charge is 0.323 e. The van der Waals surface area contributed by atoms with Gasteiger partial charge in [0.2, 0.25) is 0 Å². The molecule has 3 aromatic carbocycles. The summed E-state index contributed by atoms with van der Waals surface area (Å²) in [7, 11) is 1.56. The monoisotopic (exact) mass is 373 g/mol. The zero-order valence-electron chi connectivity index (χ0n) is 15.2. The van der Waals surface area contributed by atoms with Crippen molar-refractivity contribution in [3.05, 3.63) is 66.7 Å². The molecule has 1 aromatic heterocycles. The Morgan fingerprint density at radius 3 is 2.57 bits per heavy atom. The van der Waals surface area contributed by atoms with Crippen molar-refractivity contribution in [2.75, 3.05) is 23.5 Å². The van der Waals surface area contributed by atoms with E-state index in [0.29, 0.717) is 22.9 Å². The number of nitrogens with one attached hydrogen (secondary N) is 3. The van der Waals surface area contributed by atoms with Gasteiger partial charge in [0.25, 0.3) is 0 Å². The molecule has 0 unspecified atom stereocenters. The van der Waals surface area contributed by atoms with Gasteiger partial charge in [-0.2, -0.15) is 5.10 Å². The first-order chi connectivity index (χ1) is 13.7. The van der Waals surface area contributed by atoms with Crippen molar-refractivity contribution in [2.24, 2.45) is 0 Å². The molecule has 0 spiro atoms. The lowest BCUT2D eigenvalue weighted by Gasteiger charge is -2.11. The van der Waals surface area contributed by atoms with Gasteiger partial charge in [-0.3, -0.25) is 5.10 Å². The fourth-order valence-electron chi connectivity index (χ4n) is 3.10. The standard InChI is InChI=1S/C21H19N5O2/c1-28-18-8-3-2-6-16(18)24-21(27)23-14-11-9-13(10-12-14)15-5-4-7-17-19(15)20(22)26-25-17/h2-12H,1H3,(H3,22,25,26)(H2,23,24,27). The quantitative estimate of drug-likeness (QED) is 0.424. The molecule has 140 valence electrons. The van der Waals surface area contributed by atoms with Crippen LogP contribution in [0.4, 0.5) is 22.0 Å². The SMILES string of the molecule is COc1ccccc1NC(=O)Nc1ccc(-c2cccc3[nH]nc(N)c23)cc1. The summed E-state index contributed by atoms with van der Waals surface area (Å²) in [6.45, 7) is 0. The van der Waals surface area contributed by atoms with E-state index in [2.05, 4.69) is 20.8 Å². The zero-order chi connectivity index (χ0) is 19.5. The van der Waals surface area contributed by atoms with Crippen molar-refractivity contribution in [3.8, 4) is 16.9 Å². The fraction of sp³-hybridized carbons (Fsp3) is 0.0476. The third kappa shape index (κ3) is 3.33. The minimum absolute atomic E-state index is 0.349. The molecule has 2 amide bonds. The van der Waals surface area contributed by atoms with Gasteiger partial charge in [0.05, 0.1) is 23.7 Å². The number of ether oxygens (including phenoxy) is 1. The van der Waals surface area contributed by atoms with Crippen molar-refractivity contribution in [1.82, 2.24) is 10.2 Å². The Hall–Kier alpha value is -4.00. The van der Waals surface area contributed by atoms with Gasteiger partial charge in [-0.1, -0.05) is 36.4 Å². The van der Waals surface area contributed by atoms with Gasteiger partial charge in [0.1, 0.15) is 5.75 Å². The summed E-state index contributed by atoms with van der Waals surface area (Å²) >= 11 is 0. The molecule has 0 atom stereocenters. The molecule has 0 aliphatic rings. The van der Waals surface area contributed by atoms with Crippen LogP contribution in [-0.4, -0.2) is 23.3 Å². The average Bonchev–Trinajstić information content (AvgIpc) is 3.10. The first-order valence-corrected chi connectivity index (χ1v) is 8.70. The molecule has 0 saturated heterocycles. The van der Waals surface area contributed by atoms with Crippen LogP contribution >= 0.6 is 0 Å². The second-order valence-electron chi connectivity index (χ2n) is 6.19. The van der Waals surface area contributed by atoms with E-state index in [1.54, 1.807) is 19.2 Å². The second-order valence-corrected chi connectivity index (χ2v) is 6.19. The Kier molecular flexibility index (Phi) is 4.55. The number of anilines is 3. The van der Waals surface area contributed by atoms with E-state index in [9.17, 15) is 4.79 Å². The summed E-state index contributed by atoms with van der Waals surface area (Å²) in [6, 6.07) is 20.3. The molecule has 0 saturated carbocycles. The van der Waals surface area contributed by atoms with Crippen molar-refractivity contribution in [2.45, 2.75) is 0 Å². The Morgan fingerprint density at radius 1 is 1.00 bits per heavy atom. The molecule has 4 rings (SSSR count). The number of nitrogens with zero attached hydrogens (tertiary/aromatic N) is 1. The van der Waals surface area contributed by atoms with Crippen LogP contribution in [0.25, 0.3) is 22.0 Å². The summed E-state index contributed by atoms with van der Waals surface area (Å²) in [5.41, 5.74) is 10.1. The van der Waals surface area contributed by atoms with Gasteiger partial charge in [0.15, 0.2) is 5.82 Å². The lowest BCUT2D eigenvalue weighted by Crippen LogP contribution is -2.19. The molecule has 4 aromatic rings. The molecule has 1 heterocycles. The maximum atomic E-state index is 12.3. The number of H-pyrrole nitrogens is 1. The van der Waals surface area contributed by atoms with Crippen LogP contribution in [0.15, 0.2) is 66.7 Å². The van der Waals surface area contributed by atoms with Crippen molar-refractivity contribution in [3.63, 3.8) is 0 Å². The first kappa shape index (κ1) is 17.4. The van der Waals surface area contributed by atoms with Gasteiger partial charge in [-0.15, -0.1) is 0 Å². The summed E-state index contributed by atoms with van der Waals surface area (Å²) in [5.74, 6) is 1.06. The van der Waals surface area contributed by atoms with Gasteiger partial charge in [-0.05, 0) is 41.5 Å². The number of aromatic nitrogens is 2. The molecular formula is C21H19N5O2. The number of methoxy groups -OCH3 is 1. The number of nitrogen functional groups attached to an aromatic ring is 1. The summed E-state index contributed by atoms with van der Waals surface area (Å²) in [5, 5.41) is 13.5. The highest BCUT2D eigenvalue weighted by molar-refractivity contribution is 6.03.